The molecule has 3 aromatic carbocycles. The van der Waals surface area contributed by atoms with Crippen molar-refractivity contribution in [1.29, 1.82) is 0 Å². The van der Waals surface area contributed by atoms with Gasteiger partial charge in [-0.2, -0.15) is 0 Å². The van der Waals surface area contributed by atoms with Crippen molar-refractivity contribution in [2.24, 2.45) is 11.8 Å². The van der Waals surface area contributed by atoms with E-state index >= 15 is 0 Å². The molecule has 0 saturated carbocycles. The van der Waals surface area contributed by atoms with Crippen LogP contribution in [0.25, 0.3) is 0 Å². The molecule has 1 heterocycles. The summed E-state index contributed by atoms with van der Waals surface area (Å²) in [6, 6.07) is 22.4. The number of nitrogens with zero attached hydrogens (tertiary/aromatic N) is 3. The van der Waals surface area contributed by atoms with E-state index in [-0.39, 0.29) is 50.5 Å². The normalized spacial score (nSPS) is 16.9. The van der Waals surface area contributed by atoms with Crippen molar-refractivity contribution in [3.05, 3.63) is 108 Å². The predicted molar refractivity (Wildman–Crippen MR) is 263 cm³/mol. The number of carboxylic acids is 1. The number of hydrogen-bond acceptors (Lipinski definition) is 13. The van der Waals surface area contributed by atoms with Crippen LogP contribution in [-0.4, -0.2) is 144 Å². The van der Waals surface area contributed by atoms with Crippen molar-refractivity contribution >= 4 is 47.6 Å². The van der Waals surface area contributed by atoms with E-state index in [1.807, 2.05) is 33.8 Å². The van der Waals surface area contributed by atoms with Crippen LogP contribution in [0.4, 0.5) is 0 Å². The molecule has 3 aromatic rings. The van der Waals surface area contributed by atoms with Crippen molar-refractivity contribution in [3.63, 3.8) is 0 Å². The van der Waals surface area contributed by atoms with E-state index in [1.54, 1.807) is 92.0 Å². The topological polar surface area (TPSA) is 215 Å². The third-order valence-corrected chi connectivity index (χ3v) is 12.9. The van der Waals surface area contributed by atoms with Crippen molar-refractivity contribution in [3.8, 4) is 0 Å². The second-order valence-corrected chi connectivity index (χ2v) is 18.7. The van der Waals surface area contributed by atoms with Gasteiger partial charge in [0.2, 0.25) is 0 Å². The van der Waals surface area contributed by atoms with Gasteiger partial charge in [-0.15, -0.1) is 0 Å². The molecule has 386 valence electrons. The highest BCUT2D eigenvalue weighted by atomic mass is 16.6. The van der Waals surface area contributed by atoms with Gasteiger partial charge in [-0.05, 0) is 75.1 Å². The number of likely N-dealkylation sites (N-methyl/N-ethyl adjacent to an activating group) is 3. The number of carbonyl (C=O) groups is 8. The number of nitrogens with one attached hydrogen (secondary N) is 1. The third kappa shape index (κ3) is 16.5. The lowest BCUT2D eigenvalue weighted by Gasteiger charge is -2.37. The SMILES string of the molecule is CC[C@H](C)[C@H](NC)C(=O)O[C@H](Cc1ccccc1)C(=O)N(C)[C@@H](Cc1ccccc1)C(=O)O[C@H](C)C(=O)N(C)[C@@H](CC(C)C)C(=O)O[C@H](Cc1ccccc1)C(=O)N1CCCC[C@H]1C(=O)O[C@H](C)C(=O)O. The first-order valence-electron chi connectivity index (χ1n) is 24.4. The Morgan fingerprint density at radius 2 is 1.13 bits per heavy atom. The maximum atomic E-state index is 14.6. The molecule has 2 N–H and O–H groups in total. The Morgan fingerprint density at radius 3 is 1.63 bits per heavy atom. The van der Waals surface area contributed by atoms with Crippen LogP contribution in [-0.2, 0) is 76.6 Å². The number of ether oxygens (including phenoxy) is 4. The molecule has 1 fully saturated rings. The second-order valence-electron chi connectivity index (χ2n) is 18.7. The summed E-state index contributed by atoms with van der Waals surface area (Å²) < 4.78 is 23.1. The summed E-state index contributed by atoms with van der Waals surface area (Å²) in [6.07, 6.45) is -3.76. The molecule has 1 aliphatic rings. The van der Waals surface area contributed by atoms with Gasteiger partial charge in [0.1, 0.15) is 24.2 Å². The van der Waals surface area contributed by atoms with Crippen molar-refractivity contribution in [2.45, 2.75) is 141 Å². The van der Waals surface area contributed by atoms with E-state index in [4.69, 9.17) is 18.9 Å². The number of benzene rings is 3. The molecular formula is C54H72N4O13. The predicted octanol–water partition coefficient (Wildman–Crippen LogP) is 5.20. The van der Waals surface area contributed by atoms with Gasteiger partial charge in [-0.3, -0.25) is 19.2 Å². The van der Waals surface area contributed by atoms with E-state index in [9.17, 15) is 43.5 Å². The minimum Gasteiger partial charge on any atom is -0.479 e. The number of likely N-dealkylation sites (tertiary alicyclic amines) is 1. The minimum absolute atomic E-state index is 0.0157. The lowest BCUT2D eigenvalue weighted by Crippen LogP contribution is -2.55. The van der Waals surface area contributed by atoms with Gasteiger partial charge in [0.25, 0.3) is 17.7 Å². The van der Waals surface area contributed by atoms with Gasteiger partial charge in [-0.25, -0.2) is 19.2 Å². The van der Waals surface area contributed by atoms with Crippen LogP contribution >= 0.6 is 0 Å². The molecule has 17 nitrogen and oxygen atoms in total. The van der Waals surface area contributed by atoms with Crippen molar-refractivity contribution < 1.29 is 62.4 Å². The summed E-state index contributed by atoms with van der Waals surface area (Å²) in [5.41, 5.74) is 2.04. The van der Waals surface area contributed by atoms with Crippen LogP contribution in [0, 0.1) is 11.8 Å². The zero-order chi connectivity index (χ0) is 52.4. The lowest BCUT2D eigenvalue weighted by molar-refractivity contribution is -0.175. The number of aliphatic carboxylic acids is 1. The van der Waals surface area contributed by atoms with E-state index in [1.165, 1.54) is 37.7 Å². The molecule has 0 aromatic heterocycles. The van der Waals surface area contributed by atoms with Crippen LogP contribution in [0.5, 0.6) is 0 Å². The van der Waals surface area contributed by atoms with Crippen LogP contribution in [0.15, 0.2) is 91.0 Å². The van der Waals surface area contributed by atoms with E-state index in [2.05, 4.69) is 5.32 Å². The Bertz CT molecular complexity index is 2240. The van der Waals surface area contributed by atoms with Crippen LogP contribution in [0.3, 0.4) is 0 Å². The van der Waals surface area contributed by atoms with Gasteiger partial charge in [0.15, 0.2) is 24.4 Å². The van der Waals surface area contributed by atoms with E-state index in [0.717, 1.165) is 4.90 Å². The lowest BCUT2D eigenvalue weighted by atomic mass is 9.99. The highest BCUT2D eigenvalue weighted by molar-refractivity contribution is 5.93. The summed E-state index contributed by atoms with van der Waals surface area (Å²) in [7, 11) is 4.43. The average molecular weight is 985 g/mol. The standard InChI is InChI=1S/C54H72N4O13/c1-10-35(4)46(55-7)54(67)71-44(32-39-24-16-12-17-25-39)48(60)57(9)43(31-38-22-14-11-15-23-38)52(65)68-36(5)47(59)56(8)42(30-34(2)3)53(66)70-45(33-40-26-18-13-19-27-40)49(61)58-29-21-20-28-41(58)51(64)69-37(6)50(62)63/h11-19,22-27,34-37,41-46,55H,10,20-21,28-33H2,1-9H3,(H,62,63)/t35-,36+,37+,41-,42-,43-,44+,45+,46-/m0/s1. The molecule has 0 aliphatic carbocycles. The van der Waals surface area contributed by atoms with E-state index < -0.39 is 96.2 Å². The maximum Gasteiger partial charge on any atom is 0.344 e. The quantitative estimate of drug-likeness (QED) is 0.0825. The fourth-order valence-corrected chi connectivity index (χ4v) is 8.45. The minimum atomic E-state index is -1.49. The van der Waals surface area contributed by atoms with Gasteiger partial charge in [0.05, 0.1) is 0 Å². The zero-order valence-electron chi connectivity index (χ0n) is 42.5. The first-order valence-corrected chi connectivity index (χ1v) is 24.4. The molecule has 71 heavy (non-hydrogen) atoms. The van der Waals surface area contributed by atoms with Crippen molar-refractivity contribution in [1.82, 2.24) is 20.0 Å². The summed E-state index contributed by atoms with van der Waals surface area (Å²) in [5.74, 6) is -7.13. The average Bonchev–Trinajstić information content (AvgIpc) is 3.36. The first kappa shape index (κ1) is 57.0. The summed E-state index contributed by atoms with van der Waals surface area (Å²) in [4.78, 5) is 114. The second kappa shape index (κ2) is 27.7. The monoisotopic (exact) mass is 985 g/mol. The molecule has 0 spiro atoms. The van der Waals surface area contributed by atoms with Crippen LogP contribution < -0.4 is 5.32 Å². The molecule has 17 heteroatoms. The molecule has 1 aliphatic heterocycles. The Labute approximate surface area is 417 Å². The molecule has 1 saturated heterocycles. The van der Waals surface area contributed by atoms with Gasteiger partial charge in [-0.1, -0.05) is 125 Å². The molecule has 9 atom stereocenters. The highest BCUT2D eigenvalue weighted by Gasteiger charge is 2.42. The molecule has 3 amide bonds. The number of amides is 3. The van der Waals surface area contributed by atoms with Crippen molar-refractivity contribution in [2.75, 3.05) is 27.7 Å². The molecule has 0 bridgehead atoms. The Balaban J connectivity index is 1.61. The number of carbonyl (C=O) groups excluding carboxylic acids is 7. The van der Waals surface area contributed by atoms with Crippen LogP contribution in [0.2, 0.25) is 0 Å². The Morgan fingerprint density at radius 1 is 0.634 bits per heavy atom. The fraction of sp³-hybridized carbons (Fsp3) is 0.519. The third-order valence-electron chi connectivity index (χ3n) is 12.9. The number of piperidine rings is 1. The first-order chi connectivity index (χ1) is 33.8. The molecule has 4 rings (SSSR count). The zero-order valence-corrected chi connectivity index (χ0v) is 42.5. The van der Waals surface area contributed by atoms with E-state index in [0.29, 0.717) is 36.0 Å². The van der Waals surface area contributed by atoms with Gasteiger partial charge < -0.3 is 44.1 Å². The molecule has 0 unspecified atom stereocenters. The summed E-state index contributed by atoms with van der Waals surface area (Å²) >= 11 is 0. The van der Waals surface area contributed by atoms with Crippen LogP contribution in [0.1, 0.15) is 90.3 Å². The summed E-state index contributed by atoms with van der Waals surface area (Å²) in [5, 5.41) is 12.4. The number of esters is 4. The maximum absolute atomic E-state index is 14.6. The number of rotatable bonds is 25. The highest BCUT2D eigenvalue weighted by Crippen LogP contribution is 2.24. The van der Waals surface area contributed by atoms with Gasteiger partial charge >= 0.3 is 29.8 Å². The number of hydrogen-bond donors (Lipinski definition) is 2. The fourth-order valence-electron chi connectivity index (χ4n) is 8.45. The van der Waals surface area contributed by atoms with Gasteiger partial charge in [0, 0.05) is 39.9 Å². The summed E-state index contributed by atoms with van der Waals surface area (Å²) in [6.45, 7) is 10.2. The Kier molecular flexibility index (Phi) is 22.2. The molecule has 0 radical (unpaired) electrons. The smallest absolute Gasteiger partial charge is 0.344 e. The molecular weight excluding hydrogens is 913 g/mol. The number of carboxylic acid groups (broad SMARTS) is 1. The Hall–Kier alpha value is -6.62. The largest absolute Gasteiger partial charge is 0.479 e.